The fraction of sp³-hybridized carbons (Fsp3) is 0.0833. The van der Waals surface area contributed by atoms with Crippen molar-refractivity contribution >= 4 is 16.9 Å². The van der Waals surface area contributed by atoms with Gasteiger partial charge in [0.15, 0.2) is 5.76 Å². The van der Waals surface area contributed by atoms with E-state index in [9.17, 15) is 0 Å². The van der Waals surface area contributed by atoms with Crippen LogP contribution in [0.2, 0.25) is 0 Å². The lowest BCUT2D eigenvalue weighted by atomic mass is 10.1. The zero-order valence-corrected chi connectivity index (χ0v) is 8.84. The first-order chi connectivity index (χ1) is 7.74. The van der Waals surface area contributed by atoms with Crippen LogP contribution < -0.4 is 5.73 Å². The van der Waals surface area contributed by atoms with Gasteiger partial charge in [-0.1, -0.05) is 12.1 Å². The quantitative estimate of drug-likeness (QED) is 0.675. The molecular weight excluding hydrogens is 202 g/mol. The largest absolute Gasteiger partial charge is 0.424 e. The minimum absolute atomic E-state index is 0.196. The maximum Gasteiger partial charge on any atom is 0.292 e. The van der Waals surface area contributed by atoms with Crippen LogP contribution in [0, 0.1) is 0 Å². The van der Waals surface area contributed by atoms with Crippen LogP contribution in [0.5, 0.6) is 0 Å². The van der Waals surface area contributed by atoms with E-state index >= 15 is 0 Å². The Morgan fingerprint density at radius 1 is 1.31 bits per heavy atom. The van der Waals surface area contributed by atoms with E-state index in [4.69, 9.17) is 10.2 Å². The van der Waals surface area contributed by atoms with Crippen molar-refractivity contribution in [2.45, 2.75) is 0 Å². The van der Waals surface area contributed by atoms with Gasteiger partial charge in [0, 0.05) is 24.3 Å². The van der Waals surface area contributed by atoms with Crippen LogP contribution in [0.25, 0.3) is 22.2 Å². The first-order valence-corrected chi connectivity index (χ1v) is 5.01. The topological polar surface area (TPSA) is 57.0 Å². The Kier molecular flexibility index (Phi) is 1.77. The number of aromatic nitrogens is 2. The molecule has 2 N–H and O–H groups in total. The summed E-state index contributed by atoms with van der Waals surface area (Å²) < 4.78 is 7.36. The molecule has 0 saturated heterocycles. The molecule has 80 valence electrons. The lowest BCUT2D eigenvalue weighted by molar-refractivity contribution is 0.595. The van der Waals surface area contributed by atoms with Crippen LogP contribution in [0.3, 0.4) is 0 Å². The minimum Gasteiger partial charge on any atom is -0.424 e. The molecule has 16 heavy (non-hydrogen) atoms. The second kappa shape index (κ2) is 3.13. The first-order valence-electron chi connectivity index (χ1n) is 5.01. The van der Waals surface area contributed by atoms with Gasteiger partial charge >= 0.3 is 0 Å². The van der Waals surface area contributed by atoms with E-state index in [1.54, 1.807) is 6.20 Å². The van der Waals surface area contributed by atoms with Gasteiger partial charge in [0.1, 0.15) is 0 Å². The maximum absolute atomic E-state index is 5.46. The van der Waals surface area contributed by atoms with Crippen molar-refractivity contribution in [1.29, 1.82) is 0 Å². The summed E-state index contributed by atoms with van der Waals surface area (Å²) in [5.74, 6) is 0.695. The normalized spacial score (nSPS) is 11.1. The summed E-state index contributed by atoms with van der Waals surface area (Å²) in [5.41, 5.74) is 7.60. The molecule has 2 heterocycles. The molecule has 0 unspecified atom stereocenters. The van der Waals surface area contributed by atoms with Crippen molar-refractivity contribution in [3.05, 3.63) is 36.7 Å². The van der Waals surface area contributed by atoms with Gasteiger partial charge in [-0.3, -0.25) is 0 Å². The first kappa shape index (κ1) is 9.03. The number of oxazole rings is 1. The molecular formula is C12H11N3O. The number of nitrogen functional groups attached to an aromatic ring is 1. The number of rotatable bonds is 1. The summed E-state index contributed by atoms with van der Waals surface area (Å²) in [6, 6.07) is 8.40. The molecule has 0 aliphatic carbocycles. The average Bonchev–Trinajstić information content (AvgIpc) is 2.86. The zero-order chi connectivity index (χ0) is 11.1. The fourth-order valence-corrected chi connectivity index (χ4v) is 1.84. The van der Waals surface area contributed by atoms with Gasteiger partial charge in [0.2, 0.25) is 0 Å². The predicted octanol–water partition coefficient (Wildman–Crippen LogP) is 2.42. The summed E-state index contributed by atoms with van der Waals surface area (Å²) in [5, 5.41) is 1.21. The van der Waals surface area contributed by atoms with Crippen LogP contribution in [0.15, 0.2) is 41.1 Å². The third kappa shape index (κ3) is 1.27. The van der Waals surface area contributed by atoms with Gasteiger partial charge in [0.05, 0.1) is 6.20 Å². The van der Waals surface area contributed by atoms with Gasteiger partial charge in [-0.2, -0.15) is 0 Å². The molecule has 1 aromatic carbocycles. The lowest BCUT2D eigenvalue weighted by Crippen LogP contribution is -1.84. The number of anilines is 1. The highest BCUT2D eigenvalue weighted by Crippen LogP contribution is 2.25. The summed E-state index contributed by atoms with van der Waals surface area (Å²) in [4.78, 5) is 3.89. The second-order valence-electron chi connectivity index (χ2n) is 3.76. The molecule has 2 aromatic heterocycles. The maximum atomic E-state index is 5.46. The predicted molar refractivity (Wildman–Crippen MR) is 62.8 cm³/mol. The van der Waals surface area contributed by atoms with Crippen LogP contribution in [-0.2, 0) is 7.05 Å². The van der Waals surface area contributed by atoms with Gasteiger partial charge in [-0.15, -0.1) is 0 Å². The molecule has 0 bridgehead atoms. The number of fused-ring (bicyclic) bond motifs is 1. The highest BCUT2D eigenvalue weighted by Gasteiger charge is 2.06. The average molecular weight is 213 g/mol. The Balaban J connectivity index is 2.21. The van der Waals surface area contributed by atoms with Gasteiger partial charge in [0.25, 0.3) is 6.01 Å². The number of nitrogens with two attached hydrogens (primary N) is 1. The molecule has 3 rings (SSSR count). The standard InChI is InChI=1S/C12H11N3O/c1-15-5-4-8-2-3-9(6-10(8)15)11-7-14-12(13)16-11/h2-7H,1H3,(H2,13,14). The Morgan fingerprint density at radius 3 is 2.94 bits per heavy atom. The van der Waals surface area contributed by atoms with E-state index in [2.05, 4.69) is 27.8 Å². The van der Waals surface area contributed by atoms with Crippen molar-refractivity contribution in [2.24, 2.45) is 7.05 Å². The highest BCUT2D eigenvalue weighted by molar-refractivity contribution is 5.84. The molecule has 0 spiro atoms. The van der Waals surface area contributed by atoms with E-state index in [-0.39, 0.29) is 6.01 Å². The molecule has 0 amide bonds. The van der Waals surface area contributed by atoms with Gasteiger partial charge < -0.3 is 14.7 Å². The molecule has 0 aliphatic heterocycles. The van der Waals surface area contributed by atoms with E-state index < -0.39 is 0 Å². The summed E-state index contributed by atoms with van der Waals surface area (Å²) >= 11 is 0. The Hall–Kier alpha value is -2.23. The highest BCUT2D eigenvalue weighted by atomic mass is 16.4. The number of nitrogens with zero attached hydrogens (tertiary/aromatic N) is 2. The van der Waals surface area contributed by atoms with E-state index in [0.29, 0.717) is 5.76 Å². The fourth-order valence-electron chi connectivity index (χ4n) is 1.84. The SMILES string of the molecule is Cn1ccc2ccc(-c3cnc(N)o3)cc21. The van der Waals surface area contributed by atoms with Crippen LogP contribution >= 0.6 is 0 Å². The molecule has 4 nitrogen and oxygen atoms in total. The van der Waals surface area contributed by atoms with Gasteiger partial charge in [-0.05, 0) is 17.5 Å². The van der Waals surface area contributed by atoms with E-state index in [0.717, 1.165) is 11.1 Å². The van der Waals surface area contributed by atoms with Crippen molar-refractivity contribution in [3.8, 4) is 11.3 Å². The molecule has 0 radical (unpaired) electrons. The molecule has 4 heteroatoms. The second-order valence-corrected chi connectivity index (χ2v) is 3.76. The lowest BCUT2D eigenvalue weighted by Gasteiger charge is -1.99. The van der Waals surface area contributed by atoms with Crippen molar-refractivity contribution < 1.29 is 4.42 Å². The molecule has 0 aliphatic rings. The number of aryl methyl sites for hydroxylation is 1. The third-order valence-corrected chi connectivity index (χ3v) is 2.70. The van der Waals surface area contributed by atoms with Crippen LogP contribution in [-0.4, -0.2) is 9.55 Å². The van der Waals surface area contributed by atoms with Gasteiger partial charge in [-0.25, -0.2) is 4.98 Å². The monoisotopic (exact) mass is 213 g/mol. The van der Waals surface area contributed by atoms with Crippen molar-refractivity contribution in [3.63, 3.8) is 0 Å². The summed E-state index contributed by atoms with van der Waals surface area (Å²) in [6.07, 6.45) is 3.67. The van der Waals surface area contributed by atoms with Crippen molar-refractivity contribution in [2.75, 3.05) is 5.73 Å². The Labute approximate surface area is 92.3 Å². The zero-order valence-electron chi connectivity index (χ0n) is 8.84. The Morgan fingerprint density at radius 2 is 2.19 bits per heavy atom. The van der Waals surface area contributed by atoms with Crippen LogP contribution in [0.4, 0.5) is 6.01 Å². The van der Waals surface area contributed by atoms with Crippen molar-refractivity contribution in [1.82, 2.24) is 9.55 Å². The smallest absolute Gasteiger partial charge is 0.292 e. The third-order valence-electron chi connectivity index (χ3n) is 2.70. The number of hydrogen-bond donors (Lipinski definition) is 1. The molecule has 0 atom stereocenters. The summed E-state index contributed by atoms with van der Waals surface area (Å²) in [6.45, 7) is 0. The van der Waals surface area contributed by atoms with Crippen LogP contribution in [0.1, 0.15) is 0 Å². The minimum atomic E-state index is 0.196. The molecule has 0 saturated carbocycles. The molecule has 3 aromatic rings. The Bertz CT molecular complexity index is 651. The number of benzene rings is 1. The van der Waals surface area contributed by atoms with E-state index in [1.165, 1.54) is 5.39 Å². The number of hydrogen-bond acceptors (Lipinski definition) is 3. The molecule has 0 fully saturated rings. The summed E-state index contributed by atoms with van der Waals surface area (Å²) in [7, 11) is 2.01. The van der Waals surface area contributed by atoms with E-state index in [1.807, 2.05) is 19.3 Å².